The largest absolute Gasteiger partial charge is 0.383 e. The molecule has 7 heteroatoms. The Balaban J connectivity index is 2.51. The molecule has 1 amide bonds. The van der Waals surface area contributed by atoms with Crippen LogP contribution in [0.15, 0.2) is 6.20 Å². The molecule has 0 atom stereocenters. The number of amides is 1. The van der Waals surface area contributed by atoms with Crippen molar-refractivity contribution in [2.45, 2.75) is 20.0 Å². The summed E-state index contributed by atoms with van der Waals surface area (Å²) in [6.07, 6.45) is 1.68. The zero-order chi connectivity index (χ0) is 12.7. The first-order valence-electron chi connectivity index (χ1n) is 5.57. The predicted molar refractivity (Wildman–Crippen MR) is 62.0 cm³/mol. The van der Waals surface area contributed by atoms with Crippen LogP contribution in [-0.2, 0) is 22.6 Å². The summed E-state index contributed by atoms with van der Waals surface area (Å²) in [5.41, 5.74) is 6.10. The van der Waals surface area contributed by atoms with Gasteiger partial charge in [-0.05, 0) is 6.92 Å². The van der Waals surface area contributed by atoms with Gasteiger partial charge in [-0.1, -0.05) is 5.21 Å². The molecule has 1 aromatic heterocycles. The molecule has 0 unspecified atom stereocenters. The van der Waals surface area contributed by atoms with Gasteiger partial charge in [0.25, 0.3) is 0 Å². The van der Waals surface area contributed by atoms with Crippen LogP contribution < -0.4 is 5.73 Å². The second kappa shape index (κ2) is 6.97. The Hall–Kier alpha value is -1.47. The molecule has 2 N–H and O–H groups in total. The summed E-state index contributed by atoms with van der Waals surface area (Å²) in [7, 11) is 1.61. The molecule has 0 spiro atoms. The van der Waals surface area contributed by atoms with E-state index in [-0.39, 0.29) is 12.5 Å². The van der Waals surface area contributed by atoms with Gasteiger partial charge in [-0.15, -0.1) is 5.10 Å². The number of hydrogen-bond acceptors (Lipinski definition) is 5. The van der Waals surface area contributed by atoms with Crippen LogP contribution in [0.5, 0.6) is 0 Å². The van der Waals surface area contributed by atoms with Crippen molar-refractivity contribution in [3.63, 3.8) is 0 Å². The van der Waals surface area contributed by atoms with Crippen LogP contribution >= 0.6 is 0 Å². The molecule has 0 saturated carbocycles. The van der Waals surface area contributed by atoms with Crippen molar-refractivity contribution < 1.29 is 9.53 Å². The number of hydrogen-bond donors (Lipinski definition) is 1. The maximum absolute atomic E-state index is 11.9. The average molecular weight is 241 g/mol. The van der Waals surface area contributed by atoms with E-state index in [4.69, 9.17) is 10.5 Å². The topological polar surface area (TPSA) is 86.3 Å². The molecule has 7 nitrogen and oxygen atoms in total. The van der Waals surface area contributed by atoms with E-state index in [1.54, 1.807) is 18.2 Å². The number of nitrogens with zero attached hydrogens (tertiary/aromatic N) is 4. The van der Waals surface area contributed by atoms with E-state index in [1.165, 1.54) is 4.68 Å². The molecule has 1 heterocycles. The highest BCUT2D eigenvalue weighted by atomic mass is 16.5. The number of aromatic nitrogens is 3. The first-order chi connectivity index (χ1) is 8.21. The Morgan fingerprint density at radius 3 is 2.94 bits per heavy atom. The summed E-state index contributed by atoms with van der Waals surface area (Å²) in [5.74, 6) is -0.00183. The number of likely N-dealkylation sites (N-methyl/N-ethyl adjacent to an activating group) is 1. The van der Waals surface area contributed by atoms with Crippen LogP contribution in [0.2, 0.25) is 0 Å². The van der Waals surface area contributed by atoms with Crippen LogP contribution in [-0.4, -0.2) is 52.6 Å². The summed E-state index contributed by atoms with van der Waals surface area (Å²) in [5, 5.41) is 7.66. The maximum Gasteiger partial charge on any atom is 0.244 e. The molecular weight excluding hydrogens is 222 g/mol. The first-order valence-corrected chi connectivity index (χ1v) is 5.57. The van der Waals surface area contributed by atoms with Gasteiger partial charge in [0.1, 0.15) is 6.54 Å². The Labute approximate surface area is 101 Å². The van der Waals surface area contributed by atoms with Gasteiger partial charge >= 0.3 is 0 Å². The van der Waals surface area contributed by atoms with Gasteiger partial charge in [-0.25, -0.2) is 4.68 Å². The monoisotopic (exact) mass is 241 g/mol. The van der Waals surface area contributed by atoms with Crippen LogP contribution in [0.3, 0.4) is 0 Å². The van der Waals surface area contributed by atoms with Crippen LogP contribution in [0.1, 0.15) is 12.6 Å². The number of ether oxygens (including phenoxy) is 1. The van der Waals surface area contributed by atoms with E-state index in [2.05, 4.69) is 10.3 Å². The van der Waals surface area contributed by atoms with E-state index >= 15 is 0 Å². The molecule has 0 aliphatic carbocycles. The van der Waals surface area contributed by atoms with E-state index in [1.807, 2.05) is 6.92 Å². The van der Waals surface area contributed by atoms with Crippen LogP contribution in [0.4, 0.5) is 0 Å². The first kappa shape index (κ1) is 13.6. The lowest BCUT2D eigenvalue weighted by Gasteiger charge is -2.20. The minimum absolute atomic E-state index is 0.00183. The zero-order valence-corrected chi connectivity index (χ0v) is 10.3. The Kier molecular flexibility index (Phi) is 5.58. The van der Waals surface area contributed by atoms with Gasteiger partial charge < -0.3 is 15.4 Å². The Morgan fingerprint density at radius 2 is 2.41 bits per heavy atom. The van der Waals surface area contributed by atoms with Crippen molar-refractivity contribution in [3.8, 4) is 0 Å². The highest BCUT2D eigenvalue weighted by molar-refractivity contribution is 5.75. The summed E-state index contributed by atoms with van der Waals surface area (Å²) in [4.78, 5) is 13.6. The van der Waals surface area contributed by atoms with Crippen molar-refractivity contribution in [1.82, 2.24) is 19.9 Å². The highest BCUT2D eigenvalue weighted by Gasteiger charge is 2.12. The quantitative estimate of drug-likeness (QED) is 0.677. The summed E-state index contributed by atoms with van der Waals surface area (Å²) in [6, 6.07) is 0. The van der Waals surface area contributed by atoms with Crippen molar-refractivity contribution >= 4 is 5.91 Å². The Morgan fingerprint density at radius 1 is 1.65 bits per heavy atom. The fraction of sp³-hybridized carbons (Fsp3) is 0.700. The minimum Gasteiger partial charge on any atom is -0.383 e. The molecule has 0 fully saturated rings. The molecule has 0 aromatic carbocycles. The smallest absolute Gasteiger partial charge is 0.244 e. The molecule has 0 saturated heterocycles. The molecule has 17 heavy (non-hydrogen) atoms. The van der Waals surface area contributed by atoms with E-state index in [0.717, 1.165) is 0 Å². The van der Waals surface area contributed by atoms with Crippen molar-refractivity contribution in [2.75, 3.05) is 26.8 Å². The molecule has 0 radical (unpaired) electrons. The van der Waals surface area contributed by atoms with E-state index in [9.17, 15) is 4.79 Å². The normalized spacial score (nSPS) is 10.5. The third kappa shape index (κ3) is 4.12. The van der Waals surface area contributed by atoms with Crippen LogP contribution in [0.25, 0.3) is 0 Å². The van der Waals surface area contributed by atoms with Crippen molar-refractivity contribution in [3.05, 3.63) is 11.9 Å². The Bertz CT molecular complexity index is 352. The van der Waals surface area contributed by atoms with Crippen molar-refractivity contribution in [1.29, 1.82) is 0 Å². The molecular formula is C10H19N5O2. The highest BCUT2D eigenvalue weighted by Crippen LogP contribution is 1.96. The molecule has 0 bridgehead atoms. The lowest BCUT2D eigenvalue weighted by Crippen LogP contribution is -2.36. The molecule has 1 rings (SSSR count). The van der Waals surface area contributed by atoms with Crippen molar-refractivity contribution in [2.24, 2.45) is 5.73 Å². The van der Waals surface area contributed by atoms with Crippen LogP contribution in [0, 0.1) is 0 Å². The fourth-order valence-electron chi connectivity index (χ4n) is 1.41. The number of nitrogens with two attached hydrogens (primary N) is 1. The average Bonchev–Trinajstić information content (AvgIpc) is 2.77. The third-order valence-electron chi connectivity index (χ3n) is 2.39. The predicted octanol–water partition coefficient (Wildman–Crippen LogP) is -0.768. The molecule has 0 aliphatic rings. The van der Waals surface area contributed by atoms with Gasteiger partial charge in [0.2, 0.25) is 5.91 Å². The zero-order valence-electron chi connectivity index (χ0n) is 10.3. The number of carbonyl (C=O) groups excluding carboxylic acids is 1. The third-order valence-corrected chi connectivity index (χ3v) is 2.39. The van der Waals surface area contributed by atoms with E-state index in [0.29, 0.717) is 31.9 Å². The maximum atomic E-state index is 11.9. The SMILES string of the molecule is CCN(CCOC)C(=O)Cn1cc(CN)nn1. The number of methoxy groups -OCH3 is 1. The lowest BCUT2D eigenvalue weighted by molar-refractivity contribution is -0.132. The van der Waals surface area contributed by atoms with E-state index < -0.39 is 0 Å². The number of carbonyl (C=O) groups is 1. The van der Waals surface area contributed by atoms with Gasteiger partial charge in [-0.2, -0.15) is 0 Å². The lowest BCUT2D eigenvalue weighted by atomic mass is 10.4. The summed E-state index contributed by atoms with van der Waals surface area (Å²) < 4.78 is 6.45. The second-order valence-electron chi connectivity index (χ2n) is 3.58. The van der Waals surface area contributed by atoms with Gasteiger partial charge in [0, 0.05) is 26.7 Å². The molecule has 96 valence electrons. The second-order valence-corrected chi connectivity index (χ2v) is 3.58. The minimum atomic E-state index is -0.00183. The standard InChI is InChI=1S/C10H19N5O2/c1-3-14(4-5-17-2)10(16)8-15-7-9(6-11)12-13-15/h7H,3-6,8,11H2,1-2H3. The summed E-state index contributed by atoms with van der Waals surface area (Å²) in [6.45, 7) is 4.22. The van der Waals surface area contributed by atoms with Gasteiger partial charge in [0.05, 0.1) is 18.5 Å². The number of rotatable bonds is 7. The summed E-state index contributed by atoms with van der Waals surface area (Å²) >= 11 is 0. The van der Waals surface area contributed by atoms with Gasteiger partial charge in [-0.3, -0.25) is 4.79 Å². The molecule has 0 aliphatic heterocycles. The van der Waals surface area contributed by atoms with Gasteiger partial charge in [0.15, 0.2) is 0 Å². The molecule has 1 aromatic rings. The fourth-order valence-corrected chi connectivity index (χ4v) is 1.41.